The summed E-state index contributed by atoms with van der Waals surface area (Å²) in [4.78, 5) is 48.5. The highest BCUT2D eigenvalue weighted by Crippen LogP contribution is 2.31. The predicted molar refractivity (Wildman–Crippen MR) is 112 cm³/mol. The van der Waals surface area contributed by atoms with Crippen molar-refractivity contribution in [3.8, 4) is 0 Å². The summed E-state index contributed by atoms with van der Waals surface area (Å²) in [5, 5.41) is 4.77. The van der Waals surface area contributed by atoms with Crippen LogP contribution in [0.4, 0.5) is 4.79 Å². The molecule has 1 aliphatic rings. The van der Waals surface area contributed by atoms with Crippen LogP contribution in [0.2, 0.25) is 0 Å². The molecule has 1 fully saturated rings. The molecule has 0 aromatic heterocycles. The van der Waals surface area contributed by atoms with Crippen LogP contribution in [-0.2, 0) is 19.1 Å². The van der Waals surface area contributed by atoms with Crippen LogP contribution in [0, 0.1) is 0 Å². The lowest BCUT2D eigenvalue weighted by Gasteiger charge is -2.22. The van der Waals surface area contributed by atoms with E-state index in [0.29, 0.717) is 0 Å². The van der Waals surface area contributed by atoms with Gasteiger partial charge in [0.1, 0.15) is 18.7 Å². The van der Waals surface area contributed by atoms with E-state index in [4.69, 9.17) is 10.5 Å². The van der Waals surface area contributed by atoms with E-state index in [-0.39, 0.29) is 19.0 Å². The van der Waals surface area contributed by atoms with Crippen molar-refractivity contribution in [3.05, 3.63) is 35.9 Å². The lowest BCUT2D eigenvalue weighted by atomic mass is 10.0. The molecule has 30 heavy (non-hydrogen) atoms. The second kappa shape index (κ2) is 13.9. The quantitative estimate of drug-likeness (QED) is 0.365. The second-order valence-corrected chi connectivity index (χ2v) is 5.99. The predicted octanol–water partition coefficient (Wildman–Crippen LogP) is -1.18. The van der Waals surface area contributed by atoms with E-state index in [0.717, 1.165) is 5.56 Å². The molecule has 0 bridgehead atoms. The van der Waals surface area contributed by atoms with Gasteiger partial charge in [-0.3, -0.25) is 19.3 Å². The summed E-state index contributed by atoms with van der Waals surface area (Å²) in [5.74, 6) is -1.86. The molecule has 2 rings (SSSR count). The number of rotatable bonds is 7. The zero-order valence-electron chi connectivity index (χ0n) is 17.8. The van der Waals surface area contributed by atoms with Crippen LogP contribution in [-0.4, -0.2) is 68.5 Å². The molecule has 1 aliphatic heterocycles. The number of hydrogen-bond acceptors (Lipinski definition) is 7. The summed E-state index contributed by atoms with van der Waals surface area (Å²) in [6.07, 6.45) is -1.44. The lowest BCUT2D eigenvalue weighted by Crippen LogP contribution is -2.51. The van der Waals surface area contributed by atoms with Gasteiger partial charge in [0.25, 0.3) is 0 Å². The Morgan fingerprint density at radius 1 is 1.13 bits per heavy atom. The molecule has 0 unspecified atom stereocenters. The van der Waals surface area contributed by atoms with E-state index >= 15 is 0 Å². The zero-order chi connectivity index (χ0) is 23.3. The standard InChI is InChI=1S/C17H22N4O5.2CH5N/c1-10-15(11-6-4-3-5-7-11)26-17(25)21(10)9-14(23)20-12(8-13(18)22)16(24)19-2;2*1-2/h3-7,10,12,15H,8-9H2,1-2H3,(H2,18,22)(H,19,24)(H,20,23);2*2H2,1H3/t10-,12+,15-;;/m1../s1. The molecule has 11 heteroatoms. The van der Waals surface area contributed by atoms with E-state index in [9.17, 15) is 19.2 Å². The molecule has 168 valence electrons. The van der Waals surface area contributed by atoms with Crippen LogP contribution < -0.4 is 27.8 Å². The molecule has 8 N–H and O–H groups in total. The number of nitrogens with two attached hydrogens (primary N) is 3. The molecule has 11 nitrogen and oxygen atoms in total. The van der Waals surface area contributed by atoms with Crippen molar-refractivity contribution in [1.82, 2.24) is 15.5 Å². The highest BCUT2D eigenvalue weighted by atomic mass is 16.6. The molecule has 0 aliphatic carbocycles. The minimum absolute atomic E-state index is 0.296. The molecule has 0 spiro atoms. The number of nitrogens with zero attached hydrogens (tertiary/aromatic N) is 1. The number of carbonyl (C=O) groups excluding carboxylic acids is 4. The van der Waals surface area contributed by atoms with E-state index in [2.05, 4.69) is 22.1 Å². The van der Waals surface area contributed by atoms with Crippen molar-refractivity contribution in [3.63, 3.8) is 0 Å². The van der Waals surface area contributed by atoms with E-state index < -0.39 is 36.0 Å². The number of carbonyl (C=O) groups is 4. The number of benzene rings is 1. The van der Waals surface area contributed by atoms with Crippen LogP contribution in [0.15, 0.2) is 30.3 Å². The maximum atomic E-state index is 12.3. The molecule has 1 saturated heterocycles. The Bertz CT molecular complexity index is 700. The Kier molecular flexibility index (Phi) is 12.4. The van der Waals surface area contributed by atoms with E-state index in [1.54, 1.807) is 6.92 Å². The summed E-state index contributed by atoms with van der Waals surface area (Å²) in [6.45, 7) is 1.48. The monoisotopic (exact) mass is 424 g/mol. The minimum atomic E-state index is -1.09. The van der Waals surface area contributed by atoms with Crippen LogP contribution in [0.5, 0.6) is 0 Å². The van der Waals surface area contributed by atoms with Gasteiger partial charge in [0, 0.05) is 7.05 Å². The summed E-state index contributed by atoms with van der Waals surface area (Å²) in [7, 11) is 4.38. The van der Waals surface area contributed by atoms with Crippen molar-refractivity contribution < 1.29 is 23.9 Å². The third-order valence-corrected chi connectivity index (χ3v) is 4.14. The number of amides is 4. The van der Waals surface area contributed by atoms with Gasteiger partial charge >= 0.3 is 6.09 Å². The Morgan fingerprint density at radius 2 is 1.70 bits per heavy atom. The van der Waals surface area contributed by atoms with Crippen molar-refractivity contribution in [2.75, 3.05) is 27.7 Å². The Labute approximate surface area is 176 Å². The first-order valence-corrected chi connectivity index (χ1v) is 9.30. The minimum Gasteiger partial charge on any atom is -0.439 e. The third-order valence-electron chi connectivity index (χ3n) is 4.14. The largest absolute Gasteiger partial charge is 0.439 e. The average molecular weight is 425 g/mol. The van der Waals surface area contributed by atoms with Gasteiger partial charge in [-0.1, -0.05) is 30.3 Å². The molecule has 3 atom stereocenters. The maximum Gasteiger partial charge on any atom is 0.411 e. The highest BCUT2D eigenvalue weighted by molar-refractivity contribution is 5.92. The first-order chi connectivity index (χ1) is 14.3. The molecule has 1 heterocycles. The summed E-state index contributed by atoms with van der Waals surface area (Å²) in [5.41, 5.74) is 14.9. The number of hydrogen-bond donors (Lipinski definition) is 5. The fourth-order valence-electron chi connectivity index (χ4n) is 2.78. The van der Waals surface area contributed by atoms with Crippen molar-refractivity contribution >= 4 is 23.8 Å². The molecule has 1 aromatic rings. The van der Waals surface area contributed by atoms with E-state index in [1.807, 2.05) is 30.3 Å². The molecular formula is C19H32N6O5. The smallest absolute Gasteiger partial charge is 0.411 e. The van der Waals surface area contributed by atoms with Gasteiger partial charge in [0.2, 0.25) is 17.7 Å². The number of cyclic esters (lactones) is 1. The van der Waals surface area contributed by atoms with Crippen LogP contribution in [0.1, 0.15) is 25.0 Å². The van der Waals surface area contributed by atoms with Gasteiger partial charge in [-0.15, -0.1) is 0 Å². The number of likely N-dealkylation sites (N-methyl/N-ethyl adjacent to an activating group) is 1. The normalized spacial score (nSPS) is 17.9. The Balaban J connectivity index is 0.00000198. The summed E-state index contributed by atoms with van der Waals surface area (Å²) >= 11 is 0. The Hall–Kier alpha value is -3.18. The molecule has 0 radical (unpaired) electrons. The summed E-state index contributed by atoms with van der Waals surface area (Å²) in [6, 6.07) is 7.74. The summed E-state index contributed by atoms with van der Waals surface area (Å²) < 4.78 is 5.36. The van der Waals surface area contributed by atoms with E-state index in [1.165, 1.54) is 26.0 Å². The van der Waals surface area contributed by atoms with Crippen molar-refractivity contribution in [1.29, 1.82) is 0 Å². The maximum absolute atomic E-state index is 12.3. The molecular weight excluding hydrogens is 392 g/mol. The number of nitrogens with one attached hydrogen (secondary N) is 2. The van der Waals surface area contributed by atoms with Gasteiger partial charge in [0.15, 0.2) is 0 Å². The highest BCUT2D eigenvalue weighted by Gasteiger charge is 2.40. The second-order valence-electron chi connectivity index (χ2n) is 5.99. The van der Waals surface area contributed by atoms with Gasteiger partial charge in [-0.25, -0.2) is 4.79 Å². The fourth-order valence-corrected chi connectivity index (χ4v) is 2.78. The molecule has 4 amide bonds. The first kappa shape index (κ1) is 26.8. The first-order valence-electron chi connectivity index (χ1n) is 9.30. The van der Waals surface area contributed by atoms with Gasteiger partial charge in [-0.05, 0) is 26.6 Å². The van der Waals surface area contributed by atoms with Gasteiger partial charge in [-0.2, -0.15) is 0 Å². The van der Waals surface area contributed by atoms with Crippen LogP contribution in [0.25, 0.3) is 0 Å². The lowest BCUT2D eigenvalue weighted by molar-refractivity contribution is -0.131. The van der Waals surface area contributed by atoms with Gasteiger partial charge in [0.05, 0.1) is 12.5 Å². The topological polar surface area (TPSA) is 183 Å². The van der Waals surface area contributed by atoms with Gasteiger partial charge < -0.3 is 32.6 Å². The number of primary amides is 1. The molecule has 1 aromatic carbocycles. The zero-order valence-corrected chi connectivity index (χ0v) is 17.8. The van der Waals surface area contributed by atoms with Crippen LogP contribution >= 0.6 is 0 Å². The van der Waals surface area contributed by atoms with Crippen LogP contribution in [0.3, 0.4) is 0 Å². The SMILES string of the molecule is CN.CN.CNC(=O)[C@H](CC(N)=O)NC(=O)CN1C(=O)O[C@@H](c2ccccc2)[C@H]1C. The molecule has 0 saturated carbocycles. The van der Waals surface area contributed by atoms with Crippen molar-refractivity contribution in [2.45, 2.75) is 31.5 Å². The Morgan fingerprint density at radius 3 is 2.20 bits per heavy atom. The number of ether oxygens (including phenoxy) is 1. The van der Waals surface area contributed by atoms with Crippen molar-refractivity contribution in [2.24, 2.45) is 17.2 Å². The fraction of sp³-hybridized carbons (Fsp3) is 0.474. The average Bonchev–Trinajstić information content (AvgIpc) is 3.04. The third kappa shape index (κ3) is 7.68.